The van der Waals surface area contributed by atoms with Gasteiger partial charge in [-0.15, -0.1) is 0 Å². The van der Waals surface area contributed by atoms with E-state index in [9.17, 15) is 5.11 Å². The molecule has 1 saturated heterocycles. The van der Waals surface area contributed by atoms with Crippen LogP contribution >= 0.6 is 11.8 Å². The normalized spacial score (nSPS) is 30.1. The van der Waals surface area contributed by atoms with Crippen molar-refractivity contribution < 1.29 is 5.11 Å². The maximum Gasteiger partial charge on any atom is 0.103 e. The lowest BCUT2D eigenvalue weighted by atomic mass is 9.83. The summed E-state index contributed by atoms with van der Waals surface area (Å²) in [6, 6.07) is 9.49. The molecule has 1 aromatic rings. The van der Waals surface area contributed by atoms with Crippen LogP contribution in [0, 0.1) is 17.2 Å². The molecule has 0 radical (unpaired) electrons. The summed E-state index contributed by atoms with van der Waals surface area (Å²) in [5, 5.41) is 19.6. The third kappa shape index (κ3) is 1.64. The lowest BCUT2D eigenvalue weighted by molar-refractivity contribution is 0.0232. The van der Waals surface area contributed by atoms with Gasteiger partial charge in [-0.05, 0) is 17.7 Å². The second-order valence-electron chi connectivity index (χ2n) is 4.00. The van der Waals surface area contributed by atoms with E-state index in [2.05, 4.69) is 6.07 Å². The zero-order valence-corrected chi connectivity index (χ0v) is 9.42. The van der Waals surface area contributed by atoms with Crippen LogP contribution in [0.5, 0.6) is 0 Å². The van der Waals surface area contributed by atoms with Gasteiger partial charge in [0.25, 0.3) is 0 Å². The summed E-state index contributed by atoms with van der Waals surface area (Å²) in [4.78, 5) is 0. The number of rotatable bonds is 1. The van der Waals surface area contributed by atoms with Crippen LogP contribution < -0.4 is 0 Å². The molecule has 1 fully saturated rings. The molecule has 1 N–H and O–H groups in total. The Morgan fingerprint density at radius 2 is 2.27 bits per heavy atom. The number of thioether (sulfide) groups is 1. The number of aliphatic hydroxyl groups is 1. The van der Waals surface area contributed by atoms with E-state index in [1.807, 2.05) is 25.1 Å². The minimum Gasteiger partial charge on any atom is -0.384 e. The van der Waals surface area contributed by atoms with Crippen molar-refractivity contribution >= 4 is 11.8 Å². The first-order valence-corrected chi connectivity index (χ1v) is 6.13. The fourth-order valence-corrected chi connectivity index (χ4v) is 3.47. The molecule has 0 saturated carbocycles. The van der Waals surface area contributed by atoms with E-state index in [1.54, 1.807) is 17.8 Å². The molecule has 0 unspecified atom stereocenters. The zero-order valence-electron chi connectivity index (χ0n) is 8.60. The van der Waals surface area contributed by atoms with Crippen molar-refractivity contribution in [3.63, 3.8) is 0 Å². The van der Waals surface area contributed by atoms with Gasteiger partial charge in [-0.1, -0.05) is 25.1 Å². The number of benzene rings is 1. The quantitative estimate of drug-likeness (QED) is 0.787. The second-order valence-corrected chi connectivity index (χ2v) is 5.03. The van der Waals surface area contributed by atoms with E-state index in [0.717, 1.165) is 11.3 Å². The molecule has 0 aromatic heterocycles. The summed E-state index contributed by atoms with van der Waals surface area (Å²) in [6.07, 6.45) is 0. The molecule has 1 aliphatic rings. The summed E-state index contributed by atoms with van der Waals surface area (Å²) in [7, 11) is 0. The topological polar surface area (TPSA) is 44.0 Å². The monoisotopic (exact) mass is 219 g/mol. The molecule has 2 nitrogen and oxygen atoms in total. The largest absolute Gasteiger partial charge is 0.384 e. The van der Waals surface area contributed by atoms with Crippen molar-refractivity contribution in [3.05, 3.63) is 35.4 Å². The van der Waals surface area contributed by atoms with Crippen LogP contribution in [0.2, 0.25) is 0 Å². The summed E-state index contributed by atoms with van der Waals surface area (Å²) < 4.78 is 0. The van der Waals surface area contributed by atoms with E-state index < -0.39 is 5.60 Å². The molecule has 0 spiro atoms. The van der Waals surface area contributed by atoms with Gasteiger partial charge in [0.05, 0.1) is 11.6 Å². The number of nitriles is 1. The highest BCUT2D eigenvalue weighted by Gasteiger charge is 2.41. The molecular weight excluding hydrogens is 206 g/mol. The third-order valence-electron chi connectivity index (χ3n) is 3.02. The molecule has 15 heavy (non-hydrogen) atoms. The SMILES string of the molecule is C[C@H]1CSC[C@@]1(O)c1ccccc1C#N. The standard InChI is InChI=1S/C12H13NOS/c1-9-7-15-8-12(9,14)11-5-3-2-4-10(11)6-13/h2-5,9,14H,7-8H2,1H3/t9-,12-/m0/s1. The molecule has 1 aliphatic heterocycles. The third-order valence-corrected chi connectivity index (χ3v) is 4.40. The van der Waals surface area contributed by atoms with Crippen LogP contribution in [0.4, 0.5) is 0 Å². The predicted octanol–water partition coefficient (Wildman–Crippen LogP) is 2.13. The van der Waals surface area contributed by atoms with Crippen molar-refractivity contribution in [3.8, 4) is 6.07 Å². The number of nitrogens with zero attached hydrogens (tertiary/aromatic N) is 1. The van der Waals surface area contributed by atoms with Crippen LogP contribution in [0.3, 0.4) is 0 Å². The number of hydrogen-bond donors (Lipinski definition) is 1. The van der Waals surface area contributed by atoms with Crippen LogP contribution in [-0.4, -0.2) is 16.6 Å². The molecule has 1 aromatic carbocycles. The average Bonchev–Trinajstić information content (AvgIpc) is 2.60. The van der Waals surface area contributed by atoms with Crippen molar-refractivity contribution in [2.45, 2.75) is 12.5 Å². The predicted molar refractivity (Wildman–Crippen MR) is 61.5 cm³/mol. The molecule has 0 amide bonds. The van der Waals surface area contributed by atoms with E-state index in [-0.39, 0.29) is 5.92 Å². The highest BCUT2D eigenvalue weighted by Crippen LogP contribution is 2.42. The van der Waals surface area contributed by atoms with Gasteiger partial charge in [0.15, 0.2) is 0 Å². The highest BCUT2D eigenvalue weighted by atomic mass is 32.2. The molecular formula is C12H13NOS. The Morgan fingerprint density at radius 3 is 2.87 bits per heavy atom. The van der Waals surface area contributed by atoms with Gasteiger partial charge in [0, 0.05) is 11.3 Å². The van der Waals surface area contributed by atoms with Crippen LogP contribution in [0.15, 0.2) is 24.3 Å². The average molecular weight is 219 g/mol. The Kier molecular flexibility index (Phi) is 2.72. The van der Waals surface area contributed by atoms with E-state index in [1.165, 1.54) is 0 Å². The van der Waals surface area contributed by atoms with Crippen molar-refractivity contribution in [1.82, 2.24) is 0 Å². The van der Waals surface area contributed by atoms with Crippen molar-refractivity contribution in [2.24, 2.45) is 5.92 Å². The smallest absolute Gasteiger partial charge is 0.103 e. The highest BCUT2D eigenvalue weighted by molar-refractivity contribution is 7.99. The summed E-state index contributed by atoms with van der Waals surface area (Å²) in [5.74, 6) is 1.85. The first kappa shape index (κ1) is 10.5. The van der Waals surface area contributed by atoms with Gasteiger partial charge in [-0.25, -0.2) is 0 Å². The Balaban J connectivity index is 2.49. The van der Waals surface area contributed by atoms with Gasteiger partial charge in [-0.2, -0.15) is 17.0 Å². The van der Waals surface area contributed by atoms with Crippen molar-refractivity contribution in [2.75, 3.05) is 11.5 Å². The Morgan fingerprint density at radius 1 is 1.53 bits per heavy atom. The first-order valence-electron chi connectivity index (χ1n) is 4.98. The fraction of sp³-hybridized carbons (Fsp3) is 0.417. The first-order chi connectivity index (χ1) is 7.18. The summed E-state index contributed by atoms with van der Waals surface area (Å²) >= 11 is 1.74. The summed E-state index contributed by atoms with van der Waals surface area (Å²) in [5.41, 5.74) is 0.552. The van der Waals surface area contributed by atoms with Gasteiger partial charge >= 0.3 is 0 Å². The Hall–Kier alpha value is -0.980. The molecule has 3 heteroatoms. The molecule has 2 rings (SSSR count). The van der Waals surface area contributed by atoms with Crippen LogP contribution in [-0.2, 0) is 5.60 Å². The molecule has 1 heterocycles. The van der Waals surface area contributed by atoms with E-state index in [0.29, 0.717) is 11.3 Å². The minimum atomic E-state index is -0.822. The minimum absolute atomic E-state index is 0.206. The fourth-order valence-electron chi connectivity index (χ4n) is 1.97. The van der Waals surface area contributed by atoms with Crippen LogP contribution in [0.25, 0.3) is 0 Å². The maximum absolute atomic E-state index is 10.6. The molecule has 78 valence electrons. The zero-order chi connectivity index (χ0) is 10.9. The maximum atomic E-state index is 10.6. The molecule has 0 aliphatic carbocycles. The van der Waals surface area contributed by atoms with Crippen molar-refractivity contribution in [1.29, 1.82) is 5.26 Å². The number of hydrogen-bond acceptors (Lipinski definition) is 3. The van der Waals surface area contributed by atoms with Crippen LogP contribution in [0.1, 0.15) is 18.1 Å². The lowest BCUT2D eigenvalue weighted by Crippen LogP contribution is -2.33. The van der Waals surface area contributed by atoms with E-state index in [4.69, 9.17) is 5.26 Å². The van der Waals surface area contributed by atoms with Gasteiger partial charge in [-0.3, -0.25) is 0 Å². The Bertz CT molecular complexity index is 412. The molecule has 2 atom stereocenters. The second kappa shape index (κ2) is 3.88. The van der Waals surface area contributed by atoms with E-state index >= 15 is 0 Å². The molecule has 0 bridgehead atoms. The Labute approximate surface area is 93.9 Å². The van der Waals surface area contributed by atoms with Gasteiger partial charge < -0.3 is 5.11 Å². The van der Waals surface area contributed by atoms with Gasteiger partial charge in [0.2, 0.25) is 0 Å². The lowest BCUT2D eigenvalue weighted by Gasteiger charge is -2.28. The van der Waals surface area contributed by atoms with Gasteiger partial charge in [0.1, 0.15) is 5.60 Å². The summed E-state index contributed by atoms with van der Waals surface area (Å²) in [6.45, 7) is 2.04.